The number of aryl methyl sites for hydroxylation is 3. The standard InChI is InChI=1S/C31H37FN2O8.2C27H40FN3O9.C4H11NO3.CH4.HI/c1-18(2)26-22(16-20-14-12-19(13-15-20)8-7-11-24(36)39-3)29(34-33-26)42-31-28(27(37)25(32)23(17-35)40-31)41-30(38)21-9-5-4-6-10-21;2*1-15(2)22-18(25(31-30-22)40-26-24(38)23(37)21(28)19(11-32)39-26)10-17-8-6-16(7-9-17)4-3-5-20(36)29-27(12-33,13-34)14-35;5-4(1-6,2-7)3-8;;/h4-6,9-10,12-15,18,23,25,27-28,31,35,37H,7-8,11,16-17H2,1-3H3,(H,33,34);2*6-9,15,19,21,23-24,26,32-35,37-38H,3-5,10-14H2,1-2H3,(H,29,36)(H,30,31);6-8H,1-3,5H2;1H4;1H/t23-,25-,27+,28-,31+;2*19-,21-,23+,24-,26+;;;/m111.../s1. The molecule has 6 heterocycles. The summed E-state index contributed by atoms with van der Waals surface area (Å²) in [4.78, 5) is 48.5. The SMILES string of the molecule is C.CC(C)c1[nH]nc(O[C@@H]2O[C@H](CO)[C@@H](F)[C@H](O)[C@H]2O)c1Cc1ccc(CCCC(=O)NC(CO)(CO)CO)cc1.CC(C)c1[nH]nc(O[C@@H]2O[C@H](CO)[C@@H](F)[C@H](O)[C@H]2O)c1Cc1ccc(CCCC(=O)NC(CO)(CO)CO)cc1.COC(=O)CCCc1ccc(Cc2c(O[C@@H]3O[C@H](CO)[C@@H](F)[C@H](O)[C@H]3OC(=O)c3ccccc3)n[nH]c2C(C)C)cc1.I.NC(CO)(CO)CO. The molecule has 42 heteroatoms. The molecule has 38 nitrogen and oxygen atoms in total. The Balaban J connectivity index is 0.000000333. The zero-order valence-electron chi connectivity index (χ0n) is 74.1. The molecule has 0 saturated carbocycles. The Morgan fingerprint density at radius 3 is 1.02 bits per heavy atom. The highest BCUT2D eigenvalue weighted by molar-refractivity contribution is 14.0. The number of aliphatic hydroxyl groups excluding tert-OH is 17. The van der Waals surface area contributed by atoms with Crippen molar-refractivity contribution in [1.82, 2.24) is 41.2 Å². The van der Waals surface area contributed by atoms with Crippen LogP contribution in [0.3, 0.4) is 0 Å². The van der Waals surface area contributed by atoms with Crippen molar-refractivity contribution in [2.75, 3.05) is 86.4 Å². The summed E-state index contributed by atoms with van der Waals surface area (Å²) in [7, 11) is 1.37. The van der Waals surface area contributed by atoms with Crippen LogP contribution in [0.25, 0.3) is 0 Å². The molecule has 0 bridgehead atoms. The molecule has 0 radical (unpaired) electrons. The molecule has 3 saturated heterocycles. The Labute approximate surface area is 780 Å². The van der Waals surface area contributed by atoms with Crippen molar-refractivity contribution < 1.29 is 157 Å². The average Bonchev–Trinajstić information content (AvgIpc) is 1.36. The number of nitrogens with two attached hydrogens (primary N) is 1. The zero-order chi connectivity index (χ0) is 95.7. The summed E-state index contributed by atoms with van der Waals surface area (Å²) in [5.74, 6) is -1.22. The Kier molecular flexibility index (Phi) is 47.9. The van der Waals surface area contributed by atoms with Crippen LogP contribution in [0.4, 0.5) is 13.2 Å². The lowest BCUT2D eigenvalue weighted by Gasteiger charge is -2.40. The van der Waals surface area contributed by atoms with E-state index in [0.29, 0.717) is 68.9 Å². The number of rotatable bonds is 43. The van der Waals surface area contributed by atoms with Gasteiger partial charge in [-0.15, -0.1) is 39.3 Å². The molecule has 15 atom stereocenters. The van der Waals surface area contributed by atoms with Crippen LogP contribution in [-0.2, 0) is 76.6 Å². The number of amides is 2. The Hall–Kier alpha value is -8.53. The van der Waals surface area contributed by atoms with Crippen molar-refractivity contribution in [3.05, 3.63) is 176 Å². The smallest absolute Gasteiger partial charge is 0.338 e. The fourth-order valence-corrected chi connectivity index (χ4v) is 13.9. The third-order valence-corrected chi connectivity index (χ3v) is 22.2. The highest BCUT2D eigenvalue weighted by Crippen LogP contribution is 2.37. The van der Waals surface area contributed by atoms with Crippen molar-refractivity contribution >= 4 is 47.7 Å². The van der Waals surface area contributed by atoms with E-state index in [1.54, 1.807) is 18.2 Å². The second-order valence-electron chi connectivity index (χ2n) is 33.3. The topological polar surface area (TPSA) is 622 Å². The fourth-order valence-electron chi connectivity index (χ4n) is 13.9. The maximum absolute atomic E-state index is 14.9. The number of hydrogen-bond acceptors (Lipinski definition) is 33. The van der Waals surface area contributed by atoms with Crippen LogP contribution in [0.1, 0.15) is 183 Å². The minimum atomic E-state index is -2.01. The number of hydrogen-bond donors (Lipinski definition) is 23. The number of esters is 2. The van der Waals surface area contributed by atoms with Crippen LogP contribution in [0.2, 0.25) is 0 Å². The Bertz CT molecular complexity index is 4320. The van der Waals surface area contributed by atoms with E-state index in [2.05, 4.69) is 41.2 Å². The van der Waals surface area contributed by atoms with Crippen LogP contribution in [0, 0.1) is 0 Å². The second-order valence-corrected chi connectivity index (χ2v) is 33.3. The minimum Gasteiger partial charge on any atom is -0.469 e. The van der Waals surface area contributed by atoms with E-state index >= 15 is 0 Å². The third kappa shape index (κ3) is 31.8. The van der Waals surface area contributed by atoms with Crippen molar-refractivity contribution in [3.63, 3.8) is 0 Å². The molecular weight excluding hydrogens is 1850 g/mol. The van der Waals surface area contributed by atoms with Gasteiger partial charge in [-0.25, -0.2) is 18.0 Å². The molecule has 3 aromatic heterocycles. The molecule has 24 N–H and O–H groups in total. The van der Waals surface area contributed by atoms with E-state index in [0.717, 1.165) is 62.4 Å². The van der Waals surface area contributed by atoms with Crippen molar-refractivity contribution in [2.24, 2.45) is 5.73 Å². The highest BCUT2D eigenvalue weighted by Gasteiger charge is 2.51. The second kappa shape index (κ2) is 55.5. The number of halogens is 4. The van der Waals surface area contributed by atoms with Gasteiger partial charge in [-0.3, -0.25) is 29.7 Å². The molecule has 0 spiro atoms. The molecule has 0 unspecified atom stereocenters. The van der Waals surface area contributed by atoms with Gasteiger partial charge in [0.25, 0.3) is 0 Å². The first kappa shape index (κ1) is 114. The predicted octanol–water partition coefficient (Wildman–Crippen LogP) is 1.42. The number of H-pyrrole nitrogens is 3. The maximum Gasteiger partial charge on any atom is 0.338 e. The van der Waals surface area contributed by atoms with Gasteiger partial charge in [-0.2, -0.15) is 0 Å². The zero-order valence-corrected chi connectivity index (χ0v) is 76.5. The Morgan fingerprint density at radius 2 is 0.727 bits per heavy atom. The fraction of sp³-hybridized carbons (Fsp3) is 0.589. The Morgan fingerprint density at radius 1 is 0.432 bits per heavy atom. The van der Waals surface area contributed by atoms with Crippen LogP contribution >= 0.6 is 24.0 Å². The predicted molar refractivity (Wildman–Crippen MR) is 481 cm³/mol. The number of ether oxygens (including phenoxy) is 8. The molecule has 3 aliphatic rings. The van der Waals surface area contributed by atoms with Crippen LogP contribution < -0.4 is 30.6 Å². The molecule has 740 valence electrons. The first-order chi connectivity index (χ1) is 62.0. The van der Waals surface area contributed by atoms with Crippen LogP contribution in [0.15, 0.2) is 103 Å². The summed E-state index contributed by atoms with van der Waals surface area (Å²) in [6.07, 6.45) is -19.1. The van der Waals surface area contributed by atoms with E-state index in [1.165, 1.54) is 19.2 Å². The number of nitrogens with zero attached hydrogens (tertiary/aromatic N) is 3. The lowest BCUT2D eigenvalue weighted by atomic mass is 9.98. The van der Waals surface area contributed by atoms with Crippen molar-refractivity contribution in [2.45, 2.75) is 253 Å². The number of methoxy groups -OCH3 is 1. The number of nitrogens with one attached hydrogen (secondary N) is 5. The molecule has 3 fully saturated rings. The van der Waals surface area contributed by atoms with Gasteiger partial charge in [0, 0.05) is 72.3 Å². The maximum atomic E-state index is 14.9. The monoisotopic (exact) mass is 1990 g/mol. The molecule has 10 rings (SSSR count). The van der Waals surface area contributed by atoms with E-state index in [-0.39, 0.29) is 103 Å². The highest BCUT2D eigenvalue weighted by atomic mass is 127. The summed E-state index contributed by atoms with van der Waals surface area (Å²) in [6.45, 7) is 5.09. The number of benzene rings is 4. The summed E-state index contributed by atoms with van der Waals surface area (Å²) in [5, 5.41) is 187. The van der Waals surface area contributed by atoms with Gasteiger partial charge in [0.2, 0.25) is 48.3 Å². The van der Waals surface area contributed by atoms with E-state index in [4.69, 9.17) is 58.9 Å². The molecule has 4 aromatic carbocycles. The normalized spacial score (nSPS) is 21.9. The van der Waals surface area contributed by atoms with Crippen LogP contribution in [0.5, 0.6) is 17.6 Å². The van der Waals surface area contributed by atoms with Crippen molar-refractivity contribution in [1.29, 1.82) is 0 Å². The van der Waals surface area contributed by atoms with Gasteiger partial charge in [0.05, 0.1) is 97.5 Å². The molecule has 2 amide bonds. The van der Waals surface area contributed by atoms with E-state index < -0.39 is 194 Å². The van der Waals surface area contributed by atoms with E-state index in [1.807, 2.05) is 114 Å². The first-order valence-electron chi connectivity index (χ1n) is 42.8. The lowest BCUT2D eigenvalue weighted by molar-refractivity contribution is -0.266. The number of carbonyl (C=O) groups is 4. The quantitative estimate of drug-likeness (QED) is 0.0190. The van der Waals surface area contributed by atoms with Crippen molar-refractivity contribution in [3.8, 4) is 17.6 Å². The number of carbonyl (C=O) groups excluding carboxylic acids is 4. The third-order valence-electron chi connectivity index (χ3n) is 22.2. The van der Waals surface area contributed by atoms with Gasteiger partial charge in [0.15, 0.2) is 24.6 Å². The summed E-state index contributed by atoms with van der Waals surface area (Å²) in [5.41, 5.74) is 11.7. The summed E-state index contributed by atoms with van der Waals surface area (Å²) in [6, 6.07) is 31.5. The molecular formula is C90H133F3IN9O29. The number of aromatic amines is 3. The average molecular weight is 1990 g/mol. The number of aromatic nitrogens is 6. The van der Waals surface area contributed by atoms with Gasteiger partial charge in [0.1, 0.15) is 59.9 Å². The molecule has 3 aliphatic heterocycles. The molecule has 132 heavy (non-hydrogen) atoms. The summed E-state index contributed by atoms with van der Waals surface area (Å²) >= 11 is 0. The first-order valence-corrected chi connectivity index (χ1v) is 42.8. The lowest BCUT2D eigenvalue weighted by Crippen LogP contribution is -2.60. The van der Waals surface area contributed by atoms with Gasteiger partial charge < -0.3 is 141 Å². The van der Waals surface area contributed by atoms with Crippen LogP contribution in [-0.4, -0.2) is 336 Å². The minimum absolute atomic E-state index is 0. The van der Waals surface area contributed by atoms with Gasteiger partial charge >= 0.3 is 11.9 Å². The number of aliphatic hydroxyl groups is 17. The summed E-state index contributed by atoms with van der Waals surface area (Å²) < 4.78 is 87.3. The largest absolute Gasteiger partial charge is 0.469 e. The van der Waals surface area contributed by atoms with E-state index in [9.17, 15) is 104 Å². The van der Waals surface area contributed by atoms with Gasteiger partial charge in [-0.1, -0.05) is 140 Å². The molecule has 7 aromatic rings. The number of alkyl halides is 3. The molecule has 0 aliphatic carbocycles. The van der Waals surface area contributed by atoms with Gasteiger partial charge in [-0.05, 0) is 102 Å².